The van der Waals surface area contributed by atoms with Crippen molar-refractivity contribution in [2.75, 3.05) is 5.73 Å². The Balaban J connectivity index is -0.000000360. The number of rotatable bonds is 0. The second-order valence-corrected chi connectivity index (χ2v) is 2.18. The minimum Gasteiger partial charge on any atom is -1.00 e. The van der Waals surface area contributed by atoms with E-state index in [1.165, 1.54) is 0 Å². The van der Waals surface area contributed by atoms with E-state index in [1.807, 2.05) is 0 Å². The summed E-state index contributed by atoms with van der Waals surface area (Å²) in [6.45, 7) is 0. The number of imidazole rings is 1. The van der Waals surface area contributed by atoms with Crippen LogP contribution < -0.4 is 46.2 Å². The van der Waals surface area contributed by atoms with Gasteiger partial charge in [0.15, 0.2) is 6.33 Å². The average Bonchev–Trinajstić information content (AvgIpc) is 2.34. The van der Waals surface area contributed by atoms with Gasteiger partial charge in [0.1, 0.15) is 0 Å². The van der Waals surface area contributed by atoms with Crippen LogP contribution in [0.3, 0.4) is 0 Å². The second-order valence-electron chi connectivity index (χ2n) is 2.18. The number of nitrogen functional groups attached to an aromatic ring is 1. The molecule has 2 aromatic rings. The third-order valence-electron chi connectivity index (χ3n) is 1.44. The molecule has 0 radical (unpaired) electrons. The van der Waals surface area contributed by atoms with Crippen LogP contribution in [0.4, 0.5) is 5.82 Å². The third-order valence-corrected chi connectivity index (χ3v) is 1.44. The molecule has 10 N–H and O–H groups in total. The molecule has 10 heteroatoms. The summed E-state index contributed by atoms with van der Waals surface area (Å²) in [7, 11) is 0. The zero-order chi connectivity index (χ0) is 7.84. The summed E-state index contributed by atoms with van der Waals surface area (Å²) in [5.41, 5.74) is 6.41. The lowest BCUT2D eigenvalue weighted by atomic mass is 10.5. The van der Waals surface area contributed by atoms with Crippen molar-refractivity contribution in [3.05, 3.63) is 16.8 Å². The number of aromatic nitrogens is 4. The smallest absolute Gasteiger partial charge is 0.557 e. The van der Waals surface area contributed by atoms with E-state index < -0.39 is 0 Å². The van der Waals surface area contributed by atoms with Gasteiger partial charge < -0.3 is 46.5 Å². The first-order chi connectivity index (χ1) is 5.27. The molecule has 0 amide bonds. The van der Waals surface area contributed by atoms with Crippen molar-refractivity contribution < 1.29 is 45.7 Å². The maximum atomic E-state index is 10.8. The Labute approximate surface area is 95.8 Å². The molecule has 2 aromatic heterocycles. The number of hydrogen-bond acceptors (Lipinski definition) is 2. The number of fused-ring (bicyclic) bond motifs is 1. The number of hydrogen-bond donors (Lipinski definition) is 3. The number of anilines is 1. The van der Waals surface area contributed by atoms with Crippen molar-refractivity contribution in [3.63, 3.8) is 0 Å². The molecule has 0 aromatic carbocycles. The third kappa shape index (κ3) is 3.36. The molecule has 0 fully saturated rings. The molecule has 0 saturated heterocycles. The van der Waals surface area contributed by atoms with Gasteiger partial charge in [0, 0.05) is 0 Å². The van der Waals surface area contributed by atoms with Gasteiger partial charge in [-0.15, -0.1) is 4.98 Å². The Hall–Kier alpha value is -1.35. The molecule has 0 aliphatic heterocycles. The summed E-state index contributed by atoms with van der Waals surface area (Å²) < 4.78 is 0. The highest BCUT2D eigenvalue weighted by Gasteiger charge is 2.13. The maximum absolute atomic E-state index is 10.8. The van der Waals surface area contributed by atoms with Gasteiger partial charge in [-0.1, -0.05) is 0 Å². The van der Waals surface area contributed by atoms with Crippen molar-refractivity contribution in [1.29, 1.82) is 0 Å². The first-order valence-electron chi connectivity index (χ1n) is 3.07. The molecule has 15 heavy (non-hydrogen) atoms. The van der Waals surface area contributed by atoms with Gasteiger partial charge in [0.25, 0.3) is 5.82 Å². The zero-order valence-electron chi connectivity index (χ0n) is 7.32. The number of halogens is 2. The van der Waals surface area contributed by atoms with Crippen molar-refractivity contribution in [2.24, 2.45) is 0 Å². The molecule has 8 nitrogen and oxygen atoms in total. The maximum Gasteiger partial charge on any atom is 0.557 e. The SMILES string of the molecule is Nc1[nH]c(=O)[nH+]c2[nH+]c[nH]c12.O.O.[Cl-].[Cl-]. The summed E-state index contributed by atoms with van der Waals surface area (Å²) in [6.07, 6.45) is 1.59. The Morgan fingerprint density at radius 3 is 2.47 bits per heavy atom. The minimum atomic E-state index is -0.328. The number of nitrogens with two attached hydrogens (primary N) is 1. The molecule has 0 unspecified atom stereocenters. The van der Waals surface area contributed by atoms with E-state index in [1.54, 1.807) is 6.33 Å². The quantitative estimate of drug-likeness (QED) is 0.428. The Morgan fingerprint density at radius 1 is 1.27 bits per heavy atom. The molecular weight excluding hydrogens is 249 g/mol. The lowest BCUT2D eigenvalue weighted by molar-refractivity contribution is -0.479. The van der Waals surface area contributed by atoms with Gasteiger partial charge in [-0.25, -0.2) is 0 Å². The van der Waals surface area contributed by atoms with Gasteiger partial charge in [-0.3, -0.25) is 0 Å². The van der Waals surface area contributed by atoms with Gasteiger partial charge in [-0.2, -0.15) is 14.8 Å². The number of nitrogens with one attached hydrogen (secondary N) is 4. The highest BCUT2D eigenvalue weighted by Crippen LogP contribution is 2.02. The van der Waals surface area contributed by atoms with E-state index in [0.29, 0.717) is 17.0 Å². The van der Waals surface area contributed by atoms with Crippen LogP contribution in [0, 0.1) is 0 Å². The second kappa shape index (κ2) is 7.01. The van der Waals surface area contributed by atoms with E-state index in [-0.39, 0.29) is 41.5 Å². The van der Waals surface area contributed by atoms with Gasteiger partial charge in [-0.05, 0) is 0 Å². The van der Waals surface area contributed by atoms with Crippen LogP contribution in [-0.4, -0.2) is 20.9 Å². The summed E-state index contributed by atoms with van der Waals surface area (Å²) in [4.78, 5) is 21.3. The van der Waals surface area contributed by atoms with E-state index in [4.69, 9.17) is 5.73 Å². The molecule has 88 valence electrons. The Kier molecular flexibility index (Phi) is 9.00. The van der Waals surface area contributed by atoms with Crippen LogP contribution in [0.25, 0.3) is 11.2 Å². The topological polar surface area (TPSA) is 166 Å². The first-order valence-corrected chi connectivity index (χ1v) is 3.07. The average molecular weight is 260 g/mol. The molecule has 2 heterocycles. The lowest BCUT2D eigenvalue weighted by Gasteiger charge is -1.80. The van der Waals surface area contributed by atoms with Crippen LogP contribution in [-0.2, 0) is 0 Å². The van der Waals surface area contributed by atoms with E-state index >= 15 is 0 Å². The highest BCUT2D eigenvalue weighted by atomic mass is 35.5. The summed E-state index contributed by atoms with van der Waals surface area (Å²) >= 11 is 0. The van der Waals surface area contributed by atoms with Gasteiger partial charge >= 0.3 is 11.3 Å². The molecular formula is C5H11Cl2N5O3. The van der Waals surface area contributed by atoms with Crippen LogP contribution in [0.15, 0.2) is 11.1 Å². The molecule has 0 aliphatic rings. The summed E-state index contributed by atoms with van der Waals surface area (Å²) in [6, 6.07) is 0. The van der Waals surface area contributed by atoms with E-state index in [2.05, 4.69) is 19.9 Å². The molecule has 0 bridgehead atoms. The van der Waals surface area contributed by atoms with Crippen molar-refractivity contribution in [3.8, 4) is 0 Å². The zero-order valence-corrected chi connectivity index (χ0v) is 8.83. The van der Waals surface area contributed by atoms with E-state index in [0.717, 1.165) is 0 Å². The largest absolute Gasteiger partial charge is 1.00 e. The molecule has 2 rings (SSSR count). The molecule has 0 spiro atoms. The van der Waals surface area contributed by atoms with Crippen LogP contribution >= 0.6 is 0 Å². The monoisotopic (exact) mass is 259 g/mol. The predicted molar refractivity (Wildman–Crippen MR) is 43.7 cm³/mol. The summed E-state index contributed by atoms with van der Waals surface area (Å²) in [5, 5.41) is 0. The predicted octanol–water partition coefficient (Wildman–Crippen LogP) is -9.57. The minimum absolute atomic E-state index is 0. The Bertz CT molecular complexity index is 455. The highest BCUT2D eigenvalue weighted by molar-refractivity contribution is 5.75. The fourth-order valence-corrected chi connectivity index (χ4v) is 0.965. The van der Waals surface area contributed by atoms with Crippen LogP contribution in [0.2, 0.25) is 0 Å². The first kappa shape index (κ1) is 19.3. The van der Waals surface area contributed by atoms with Gasteiger partial charge in [0.05, 0.1) is 0 Å². The fourth-order valence-electron chi connectivity index (χ4n) is 0.965. The number of aromatic amines is 4. The van der Waals surface area contributed by atoms with Crippen LogP contribution in [0.1, 0.15) is 0 Å². The standard InChI is InChI=1S/C5H5N5O.2ClH.2H2O/c6-3-2-4(8-1-7-2)10-5(11)9-3;;;;/h1H,(H4,6,7,8,9,10,11);2*1H;2*1H2. The lowest BCUT2D eigenvalue weighted by Crippen LogP contribution is -3.00. The van der Waals surface area contributed by atoms with Crippen molar-refractivity contribution >= 4 is 17.0 Å². The molecule has 0 aliphatic carbocycles. The molecule has 0 atom stereocenters. The Morgan fingerprint density at radius 2 is 1.87 bits per heavy atom. The number of H-pyrrole nitrogens is 4. The van der Waals surface area contributed by atoms with Crippen molar-refractivity contribution in [1.82, 2.24) is 9.97 Å². The normalized spacial score (nSPS) is 7.73. The molecule has 0 saturated carbocycles. The van der Waals surface area contributed by atoms with Gasteiger partial charge in [0.2, 0.25) is 5.52 Å². The summed E-state index contributed by atoms with van der Waals surface area (Å²) in [5.74, 6) is 0.324. The van der Waals surface area contributed by atoms with Crippen molar-refractivity contribution in [2.45, 2.75) is 0 Å². The van der Waals surface area contributed by atoms with Crippen LogP contribution in [0.5, 0.6) is 0 Å². The fraction of sp³-hybridized carbons (Fsp3) is 0. The van der Waals surface area contributed by atoms with E-state index in [9.17, 15) is 4.79 Å².